The number of carbonyl (C=O) groups excluding carboxylic acids is 1. The first-order valence-electron chi connectivity index (χ1n) is 9.10. The summed E-state index contributed by atoms with van der Waals surface area (Å²) >= 11 is 0. The topological polar surface area (TPSA) is 79.4 Å². The van der Waals surface area contributed by atoms with E-state index >= 15 is 0 Å². The molecule has 2 N–H and O–H groups in total. The van der Waals surface area contributed by atoms with Crippen molar-refractivity contribution in [2.75, 3.05) is 43.0 Å². The molecule has 0 radical (unpaired) electrons. The molecule has 1 aromatic carbocycles. The Bertz CT molecular complexity index is 780. The molecule has 1 aliphatic heterocycles. The third-order valence-electron chi connectivity index (χ3n) is 4.20. The number of anilines is 2. The lowest BCUT2D eigenvalue weighted by Crippen LogP contribution is -2.33. The van der Waals surface area contributed by atoms with Gasteiger partial charge in [-0.1, -0.05) is 12.1 Å². The maximum atomic E-state index is 13.4. The fraction of sp³-hybridized carbons (Fsp3) is 0.421. The number of hydrogen-bond donors (Lipinski definition) is 2. The zero-order valence-electron chi connectivity index (χ0n) is 15.4. The van der Waals surface area contributed by atoms with Gasteiger partial charge >= 0.3 is 0 Å². The van der Waals surface area contributed by atoms with Crippen LogP contribution in [0.25, 0.3) is 0 Å². The Morgan fingerprint density at radius 3 is 2.78 bits per heavy atom. The van der Waals surface area contributed by atoms with E-state index in [1.165, 1.54) is 25.0 Å². The number of nitrogens with zero attached hydrogens (tertiary/aromatic N) is 3. The molecule has 1 aliphatic rings. The molecule has 1 saturated heterocycles. The van der Waals surface area contributed by atoms with Crippen LogP contribution in [0.1, 0.15) is 18.7 Å². The van der Waals surface area contributed by atoms with Crippen LogP contribution >= 0.6 is 0 Å². The van der Waals surface area contributed by atoms with E-state index in [1.54, 1.807) is 12.1 Å². The van der Waals surface area contributed by atoms with Crippen molar-refractivity contribution >= 4 is 17.5 Å². The molecular formula is C19H24FN5O2. The first-order valence-corrected chi connectivity index (χ1v) is 9.10. The minimum Gasteiger partial charge on any atom is -0.481 e. The fourth-order valence-electron chi connectivity index (χ4n) is 2.90. The standard InChI is InChI=1S/C19H24FN5O2/c1-14-23-17(12-18(24-14)25-10-4-5-11-25)21-8-9-22-19(26)13-27-16-7-3-2-6-15(16)20/h2-3,6-7,12H,4-5,8-11,13H2,1H3,(H,22,26)(H,21,23,24). The van der Waals surface area contributed by atoms with Crippen molar-refractivity contribution in [2.45, 2.75) is 19.8 Å². The van der Waals surface area contributed by atoms with Gasteiger partial charge in [0.2, 0.25) is 0 Å². The lowest BCUT2D eigenvalue weighted by molar-refractivity contribution is -0.123. The molecule has 27 heavy (non-hydrogen) atoms. The van der Waals surface area contributed by atoms with Gasteiger partial charge in [0, 0.05) is 32.2 Å². The highest BCUT2D eigenvalue weighted by atomic mass is 19.1. The molecule has 1 aromatic heterocycles. The molecule has 0 spiro atoms. The largest absolute Gasteiger partial charge is 0.481 e. The summed E-state index contributed by atoms with van der Waals surface area (Å²) in [6.45, 7) is 4.60. The molecule has 2 aromatic rings. The normalized spacial score (nSPS) is 13.5. The Morgan fingerprint density at radius 1 is 1.22 bits per heavy atom. The van der Waals surface area contributed by atoms with Gasteiger partial charge < -0.3 is 20.3 Å². The number of para-hydroxylation sites is 1. The van der Waals surface area contributed by atoms with Crippen LogP contribution < -0.4 is 20.3 Å². The number of benzene rings is 1. The Balaban J connectivity index is 1.40. The highest BCUT2D eigenvalue weighted by molar-refractivity contribution is 5.77. The summed E-state index contributed by atoms with van der Waals surface area (Å²) in [5.41, 5.74) is 0. The number of ether oxygens (including phenoxy) is 1. The Labute approximate surface area is 158 Å². The highest BCUT2D eigenvalue weighted by Gasteiger charge is 2.15. The zero-order valence-corrected chi connectivity index (χ0v) is 15.4. The van der Waals surface area contributed by atoms with Crippen LogP contribution in [0.3, 0.4) is 0 Å². The number of aryl methyl sites for hydroxylation is 1. The number of hydrogen-bond acceptors (Lipinski definition) is 6. The van der Waals surface area contributed by atoms with Gasteiger partial charge in [-0.2, -0.15) is 0 Å². The summed E-state index contributed by atoms with van der Waals surface area (Å²) < 4.78 is 18.6. The maximum absolute atomic E-state index is 13.4. The summed E-state index contributed by atoms with van der Waals surface area (Å²) in [5.74, 6) is 1.66. The molecule has 7 nitrogen and oxygen atoms in total. The van der Waals surface area contributed by atoms with Crippen LogP contribution in [0, 0.1) is 12.7 Å². The van der Waals surface area contributed by atoms with Gasteiger partial charge in [-0.15, -0.1) is 0 Å². The summed E-state index contributed by atoms with van der Waals surface area (Å²) in [7, 11) is 0. The molecule has 144 valence electrons. The predicted octanol–water partition coefficient (Wildman–Crippen LogP) is 2.13. The second-order valence-corrected chi connectivity index (χ2v) is 6.35. The Hall–Kier alpha value is -2.90. The predicted molar refractivity (Wildman–Crippen MR) is 102 cm³/mol. The molecule has 1 fully saturated rings. The van der Waals surface area contributed by atoms with Gasteiger partial charge in [0.15, 0.2) is 18.2 Å². The molecule has 0 aliphatic carbocycles. The van der Waals surface area contributed by atoms with Gasteiger partial charge in [0.05, 0.1) is 0 Å². The van der Waals surface area contributed by atoms with Gasteiger partial charge in [0.1, 0.15) is 17.5 Å². The first kappa shape index (κ1) is 18.9. The molecule has 2 heterocycles. The molecule has 0 saturated carbocycles. The van der Waals surface area contributed by atoms with Crippen LogP contribution in [0.15, 0.2) is 30.3 Å². The van der Waals surface area contributed by atoms with Gasteiger partial charge in [-0.3, -0.25) is 4.79 Å². The second kappa shape index (κ2) is 9.16. The molecule has 0 atom stereocenters. The Kier molecular flexibility index (Phi) is 6.40. The van der Waals surface area contributed by atoms with E-state index in [2.05, 4.69) is 25.5 Å². The van der Waals surface area contributed by atoms with Crippen LogP contribution in [-0.2, 0) is 4.79 Å². The van der Waals surface area contributed by atoms with Crippen molar-refractivity contribution in [3.8, 4) is 5.75 Å². The molecular weight excluding hydrogens is 349 g/mol. The molecule has 0 unspecified atom stereocenters. The first-order chi connectivity index (χ1) is 13.1. The molecule has 8 heteroatoms. The van der Waals surface area contributed by atoms with Crippen molar-refractivity contribution in [3.05, 3.63) is 42.0 Å². The zero-order chi connectivity index (χ0) is 19.1. The van der Waals surface area contributed by atoms with Crippen LogP contribution in [0.5, 0.6) is 5.75 Å². The average Bonchev–Trinajstić information content (AvgIpc) is 3.19. The van der Waals surface area contributed by atoms with E-state index in [0.29, 0.717) is 18.9 Å². The number of halogens is 1. The van der Waals surface area contributed by atoms with E-state index in [9.17, 15) is 9.18 Å². The van der Waals surface area contributed by atoms with Crippen molar-refractivity contribution in [1.29, 1.82) is 0 Å². The molecule has 3 rings (SSSR count). The van der Waals surface area contributed by atoms with Crippen LogP contribution in [0.4, 0.5) is 16.0 Å². The third-order valence-corrected chi connectivity index (χ3v) is 4.20. The highest BCUT2D eigenvalue weighted by Crippen LogP contribution is 2.20. The number of nitrogens with one attached hydrogen (secondary N) is 2. The minimum atomic E-state index is -0.486. The average molecular weight is 373 g/mol. The number of rotatable bonds is 8. The fourth-order valence-corrected chi connectivity index (χ4v) is 2.90. The lowest BCUT2D eigenvalue weighted by atomic mass is 10.3. The monoisotopic (exact) mass is 373 g/mol. The van der Waals surface area contributed by atoms with E-state index in [1.807, 2.05) is 13.0 Å². The quantitative estimate of drug-likeness (QED) is 0.690. The van der Waals surface area contributed by atoms with Crippen molar-refractivity contribution < 1.29 is 13.9 Å². The van der Waals surface area contributed by atoms with E-state index in [-0.39, 0.29) is 18.3 Å². The summed E-state index contributed by atoms with van der Waals surface area (Å²) in [6.07, 6.45) is 2.37. The Morgan fingerprint density at radius 2 is 2.00 bits per heavy atom. The number of carbonyl (C=O) groups is 1. The van der Waals surface area contributed by atoms with Crippen LogP contribution in [0.2, 0.25) is 0 Å². The molecule has 0 bridgehead atoms. The SMILES string of the molecule is Cc1nc(NCCNC(=O)COc2ccccc2F)cc(N2CCCC2)n1. The lowest BCUT2D eigenvalue weighted by Gasteiger charge is -2.17. The number of amides is 1. The summed E-state index contributed by atoms with van der Waals surface area (Å²) in [5, 5.41) is 5.92. The van der Waals surface area contributed by atoms with Gasteiger partial charge in [0.25, 0.3) is 5.91 Å². The van der Waals surface area contributed by atoms with Crippen molar-refractivity contribution in [3.63, 3.8) is 0 Å². The van der Waals surface area contributed by atoms with Crippen LogP contribution in [-0.4, -0.2) is 48.7 Å². The molecule has 1 amide bonds. The minimum absolute atomic E-state index is 0.0664. The summed E-state index contributed by atoms with van der Waals surface area (Å²) in [4.78, 5) is 22.9. The smallest absolute Gasteiger partial charge is 0.258 e. The summed E-state index contributed by atoms with van der Waals surface area (Å²) in [6, 6.07) is 7.93. The second-order valence-electron chi connectivity index (χ2n) is 6.35. The van der Waals surface area contributed by atoms with E-state index < -0.39 is 5.82 Å². The van der Waals surface area contributed by atoms with E-state index in [0.717, 1.165) is 24.7 Å². The third kappa shape index (κ3) is 5.54. The maximum Gasteiger partial charge on any atom is 0.258 e. The van der Waals surface area contributed by atoms with Gasteiger partial charge in [-0.05, 0) is 31.9 Å². The van der Waals surface area contributed by atoms with Crippen molar-refractivity contribution in [2.24, 2.45) is 0 Å². The number of aromatic nitrogens is 2. The van der Waals surface area contributed by atoms with E-state index in [4.69, 9.17) is 4.74 Å². The van der Waals surface area contributed by atoms with Crippen molar-refractivity contribution in [1.82, 2.24) is 15.3 Å². The van der Waals surface area contributed by atoms with Gasteiger partial charge in [-0.25, -0.2) is 14.4 Å².